The van der Waals surface area contributed by atoms with Gasteiger partial charge in [0.05, 0.1) is 11.9 Å². The van der Waals surface area contributed by atoms with Crippen LogP contribution in [0.25, 0.3) is 0 Å². The van der Waals surface area contributed by atoms with Crippen LogP contribution in [0.3, 0.4) is 0 Å². The summed E-state index contributed by atoms with van der Waals surface area (Å²) < 4.78 is 2.05. The maximum absolute atomic E-state index is 4.14. The number of nitrogens with zero attached hydrogens (tertiary/aromatic N) is 3. The lowest BCUT2D eigenvalue weighted by atomic mass is 10.1. The van der Waals surface area contributed by atoms with E-state index in [2.05, 4.69) is 44.1 Å². The molecule has 0 atom stereocenters. The van der Waals surface area contributed by atoms with Crippen molar-refractivity contribution in [2.75, 3.05) is 0 Å². The van der Waals surface area contributed by atoms with Crippen molar-refractivity contribution in [2.24, 2.45) is 5.92 Å². The fourth-order valence-electron chi connectivity index (χ4n) is 1.81. The molecule has 0 aromatic carbocycles. The lowest BCUT2D eigenvalue weighted by Gasteiger charge is -2.08. The van der Waals surface area contributed by atoms with Gasteiger partial charge in [-0.3, -0.25) is 0 Å². The summed E-state index contributed by atoms with van der Waals surface area (Å²) in [7, 11) is 0. The standard InChI is InChI=1S/C14H25N3/c1-12(2)8-6-5-7-9-14-10-15-16-17(14)11-13(3)4/h8,10,13H,5-7,9,11H2,1-4H3. The van der Waals surface area contributed by atoms with Crippen LogP contribution in [-0.4, -0.2) is 15.0 Å². The Morgan fingerprint density at radius 2 is 2.12 bits per heavy atom. The van der Waals surface area contributed by atoms with E-state index in [-0.39, 0.29) is 0 Å². The number of allylic oxidation sites excluding steroid dienone is 2. The first-order valence-corrected chi connectivity index (χ1v) is 6.60. The summed E-state index contributed by atoms with van der Waals surface area (Å²) in [5.74, 6) is 0.626. The van der Waals surface area contributed by atoms with Crippen LogP contribution >= 0.6 is 0 Å². The Bertz CT molecular complexity index is 346. The first-order chi connectivity index (χ1) is 8.09. The molecule has 17 heavy (non-hydrogen) atoms. The minimum Gasteiger partial charge on any atom is -0.249 e. The smallest absolute Gasteiger partial charge is 0.0725 e. The van der Waals surface area contributed by atoms with Crippen molar-refractivity contribution in [3.63, 3.8) is 0 Å². The summed E-state index contributed by atoms with van der Waals surface area (Å²) in [5, 5.41) is 8.14. The maximum Gasteiger partial charge on any atom is 0.0725 e. The molecule has 96 valence electrons. The van der Waals surface area contributed by atoms with Gasteiger partial charge in [-0.25, -0.2) is 4.68 Å². The Kier molecular flexibility index (Phi) is 5.95. The van der Waals surface area contributed by atoms with Gasteiger partial charge in [0.2, 0.25) is 0 Å². The van der Waals surface area contributed by atoms with Gasteiger partial charge in [-0.15, -0.1) is 5.10 Å². The van der Waals surface area contributed by atoms with Crippen LogP contribution < -0.4 is 0 Å². The Morgan fingerprint density at radius 1 is 1.35 bits per heavy atom. The van der Waals surface area contributed by atoms with Gasteiger partial charge in [0.15, 0.2) is 0 Å². The SMILES string of the molecule is CC(C)=CCCCCc1cnnn1CC(C)C. The van der Waals surface area contributed by atoms with Crippen molar-refractivity contribution in [3.05, 3.63) is 23.5 Å². The fraction of sp³-hybridized carbons (Fsp3) is 0.714. The first-order valence-electron chi connectivity index (χ1n) is 6.60. The van der Waals surface area contributed by atoms with Crippen LogP contribution in [0.4, 0.5) is 0 Å². The third-order valence-corrected chi connectivity index (χ3v) is 2.68. The van der Waals surface area contributed by atoms with Crippen LogP contribution in [0.1, 0.15) is 52.7 Å². The molecule has 0 spiro atoms. The van der Waals surface area contributed by atoms with Crippen molar-refractivity contribution < 1.29 is 0 Å². The number of rotatable bonds is 7. The highest BCUT2D eigenvalue weighted by molar-refractivity contribution is 4.95. The summed E-state index contributed by atoms with van der Waals surface area (Å²) in [6.45, 7) is 9.70. The zero-order chi connectivity index (χ0) is 12.7. The van der Waals surface area contributed by atoms with Crippen LogP contribution in [-0.2, 0) is 13.0 Å². The van der Waals surface area contributed by atoms with Crippen molar-refractivity contribution in [1.82, 2.24) is 15.0 Å². The Labute approximate surface area is 105 Å². The third-order valence-electron chi connectivity index (χ3n) is 2.68. The second-order valence-electron chi connectivity index (χ2n) is 5.33. The highest BCUT2D eigenvalue weighted by atomic mass is 15.4. The predicted octanol–water partition coefficient (Wildman–Crippen LogP) is 3.61. The highest BCUT2D eigenvalue weighted by Gasteiger charge is 2.04. The lowest BCUT2D eigenvalue weighted by Crippen LogP contribution is -2.09. The quantitative estimate of drug-likeness (QED) is 0.534. The summed E-state index contributed by atoms with van der Waals surface area (Å²) in [4.78, 5) is 0. The molecule has 0 unspecified atom stereocenters. The van der Waals surface area contributed by atoms with E-state index in [9.17, 15) is 0 Å². The molecule has 0 bridgehead atoms. The average molecular weight is 235 g/mol. The van der Waals surface area contributed by atoms with Crippen LogP contribution in [0, 0.1) is 5.92 Å². The second-order valence-corrected chi connectivity index (χ2v) is 5.33. The van der Waals surface area contributed by atoms with E-state index in [4.69, 9.17) is 0 Å². The molecule has 0 aliphatic rings. The fourth-order valence-corrected chi connectivity index (χ4v) is 1.81. The Hall–Kier alpha value is -1.12. The van der Waals surface area contributed by atoms with Gasteiger partial charge in [-0.1, -0.05) is 30.7 Å². The molecule has 0 aliphatic carbocycles. The maximum atomic E-state index is 4.14. The van der Waals surface area contributed by atoms with Crippen molar-refractivity contribution in [1.29, 1.82) is 0 Å². The van der Waals surface area contributed by atoms with E-state index in [0.29, 0.717) is 5.92 Å². The van der Waals surface area contributed by atoms with Gasteiger partial charge < -0.3 is 0 Å². The highest BCUT2D eigenvalue weighted by Crippen LogP contribution is 2.08. The Balaban J connectivity index is 2.31. The van der Waals surface area contributed by atoms with Gasteiger partial charge in [-0.05, 0) is 45.4 Å². The summed E-state index contributed by atoms with van der Waals surface area (Å²) >= 11 is 0. The molecule has 0 saturated heterocycles. The molecule has 0 amide bonds. The molecule has 0 radical (unpaired) electrons. The van der Waals surface area contributed by atoms with E-state index >= 15 is 0 Å². The monoisotopic (exact) mass is 235 g/mol. The summed E-state index contributed by atoms with van der Waals surface area (Å²) in [6, 6.07) is 0. The molecule has 0 aliphatic heterocycles. The van der Waals surface area contributed by atoms with E-state index in [0.717, 1.165) is 13.0 Å². The molecule has 3 nitrogen and oxygen atoms in total. The minimum atomic E-state index is 0.626. The number of aryl methyl sites for hydroxylation is 1. The average Bonchev–Trinajstić information content (AvgIpc) is 2.64. The normalized spacial score (nSPS) is 10.9. The number of aromatic nitrogens is 3. The molecule has 1 heterocycles. The van der Waals surface area contributed by atoms with E-state index in [1.165, 1.54) is 30.5 Å². The molecular formula is C14H25N3. The van der Waals surface area contributed by atoms with E-state index < -0.39 is 0 Å². The molecule has 1 rings (SSSR count). The number of unbranched alkanes of at least 4 members (excludes halogenated alkanes) is 2. The zero-order valence-corrected chi connectivity index (χ0v) is 11.6. The first kappa shape index (κ1) is 13.9. The van der Waals surface area contributed by atoms with Crippen molar-refractivity contribution in [3.8, 4) is 0 Å². The molecule has 1 aromatic heterocycles. The molecule has 0 N–H and O–H groups in total. The second kappa shape index (κ2) is 7.25. The largest absolute Gasteiger partial charge is 0.249 e. The molecular weight excluding hydrogens is 210 g/mol. The van der Waals surface area contributed by atoms with Crippen LogP contribution in [0.15, 0.2) is 17.8 Å². The van der Waals surface area contributed by atoms with Gasteiger partial charge in [0.1, 0.15) is 0 Å². The summed E-state index contributed by atoms with van der Waals surface area (Å²) in [6.07, 6.45) is 8.96. The van der Waals surface area contributed by atoms with E-state index in [1.807, 2.05) is 10.9 Å². The molecule has 1 aromatic rings. The van der Waals surface area contributed by atoms with Gasteiger partial charge in [0.25, 0.3) is 0 Å². The summed E-state index contributed by atoms with van der Waals surface area (Å²) in [5.41, 5.74) is 2.69. The minimum absolute atomic E-state index is 0.626. The molecule has 0 saturated carbocycles. The van der Waals surface area contributed by atoms with Crippen LogP contribution in [0.5, 0.6) is 0 Å². The topological polar surface area (TPSA) is 30.7 Å². The number of hydrogen-bond donors (Lipinski definition) is 0. The van der Waals surface area contributed by atoms with Crippen molar-refractivity contribution >= 4 is 0 Å². The Morgan fingerprint density at radius 3 is 2.76 bits per heavy atom. The van der Waals surface area contributed by atoms with Gasteiger partial charge >= 0.3 is 0 Å². The lowest BCUT2D eigenvalue weighted by molar-refractivity contribution is 0.456. The van der Waals surface area contributed by atoms with Gasteiger partial charge in [0, 0.05) is 6.54 Å². The van der Waals surface area contributed by atoms with Gasteiger partial charge in [-0.2, -0.15) is 0 Å². The number of hydrogen-bond acceptors (Lipinski definition) is 2. The van der Waals surface area contributed by atoms with E-state index in [1.54, 1.807) is 0 Å². The third kappa shape index (κ3) is 5.66. The van der Waals surface area contributed by atoms with Crippen molar-refractivity contribution in [2.45, 2.75) is 59.9 Å². The predicted molar refractivity (Wildman–Crippen MR) is 71.8 cm³/mol. The molecule has 3 heteroatoms. The zero-order valence-electron chi connectivity index (χ0n) is 11.6. The van der Waals surface area contributed by atoms with Crippen LogP contribution in [0.2, 0.25) is 0 Å². The molecule has 0 fully saturated rings.